The van der Waals surface area contributed by atoms with Gasteiger partial charge in [0, 0.05) is 29.5 Å². The van der Waals surface area contributed by atoms with Crippen LogP contribution in [0.1, 0.15) is 11.1 Å². The Morgan fingerprint density at radius 3 is 2.27 bits per heavy atom. The first kappa shape index (κ1) is 19.9. The van der Waals surface area contributed by atoms with Crippen LogP contribution in [0.15, 0.2) is 53.6 Å². The summed E-state index contributed by atoms with van der Waals surface area (Å²) < 4.78 is 44.4. The van der Waals surface area contributed by atoms with Gasteiger partial charge in [-0.25, -0.2) is 4.79 Å². The highest BCUT2D eigenvalue weighted by molar-refractivity contribution is 6.31. The van der Waals surface area contributed by atoms with Crippen LogP contribution in [-0.2, 0) is 22.3 Å². The summed E-state index contributed by atoms with van der Waals surface area (Å²) in [5.74, 6) is -0.800. The summed E-state index contributed by atoms with van der Waals surface area (Å²) in [4.78, 5) is 28.3. The summed E-state index contributed by atoms with van der Waals surface area (Å²) in [7, 11) is 1.56. The molecule has 2 aromatic rings. The van der Waals surface area contributed by atoms with E-state index in [1.54, 1.807) is 19.2 Å². The minimum Gasteiger partial charge on any atom is -0.497 e. The lowest BCUT2D eigenvalue weighted by Crippen LogP contribution is -2.51. The molecule has 4 rings (SSSR count). The molecular formula is C20H18F3N4O3+. The van der Waals surface area contributed by atoms with Gasteiger partial charge < -0.3 is 9.64 Å². The Balaban J connectivity index is 1.60. The van der Waals surface area contributed by atoms with Crippen molar-refractivity contribution >= 4 is 17.5 Å². The number of benzene rings is 2. The van der Waals surface area contributed by atoms with Crippen molar-refractivity contribution in [1.82, 2.24) is 4.90 Å². The van der Waals surface area contributed by atoms with Crippen molar-refractivity contribution < 1.29 is 32.2 Å². The zero-order chi connectivity index (χ0) is 21.5. The van der Waals surface area contributed by atoms with Gasteiger partial charge in [-0.15, -0.1) is 0 Å². The molecule has 2 aliphatic rings. The number of carbonyl (C=O) groups is 2. The number of rotatable bonds is 4. The molecule has 2 aliphatic heterocycles. The van der Waals surface area contributed by atoms with Crippen LogP contribution in [0.25, 0.3) is 0 Å². The number of hydrogen-bond donors (Lipinski definition) is 0. The van der Waals surface area contributed by atoms with E-state index in [0.717, 1.165) is 22.5 Å². The zero-order valence-electron chi connectivity index (χ0n) is 16.0. The summed E-state index contributed by atoms with van der Waals surface area (Å²) in [5.41, 5.74) is 0.468. The smallest absolute Gasteiger partial charge is 0.497 e. The lowest BCUT2D eigenvalue weighted by molar-refractivity contribution is -0.534. The molecule has 10 heteroatoms. The number of alkyl halides is 3. The molecule has 0 spiro atoms. The van der Waals surface area contributed by atoms with Crippen molar-refractivity contribution in [3.63, 3.8) is 0 Å². The van der Waals surface area contributed by atoms with Crippen LogP contribution in [0.5, 0.6) is 5.75 Å². The maximum atomic E-state index is 12.7. The van der Waals surface area contributed by atoms with E-state index in [4.69, 9.17) is 4.74 Å². The van der Waals surface area contributed by atoms with Gasteiger partial charge in [0.2, 0.25) is 6.54 Å². The molecule has 0 aliphatic carbocycles. The largest absolute Gasteiger partial charge is 0.502 e. The number of amides is 2. The molecule has 2 aromatic carbocycles. The van der Waals surface area contributed by atoms with Crippen LogP contribution in [0.3, 0.4) is 0 Å². The average Bonchev–Trinajstić information content (AvgIpc) is 3.15. The van der Waals surface area contributed by atoms with E-state index in [9.17, 15) is 22.8 Å². The quantitative estimate of drug-likeness (QED) is 0.565. The summed E-state index contributed by atoms with van der Waals surface area (Å²) in [6, 6.07) is 11.7. The van der Waals surface area contributed by atoms with Gasteiger partial charge in [0.15, 0.2) is 0 Å². The number of ether oxygens (including phenoxy) is 1. The molecule has 0 aromatic heterocycles. The fraction of sp³-hybridized carbons (Fsp3) is 0.300. The molecule has 0 N–H and O–H groups in total. The third kappa shape index (κ3) is 3.60. The molecule has 1 fully saturated rings. The number of nitrogens with zero attached hydrogens (tertiary/aromatic N) is 4. The number of halogens is 3. The number of carbonyl (C=O) groups excluding carboxylic acids is 2. The van der Waals surface area contributed by atoms with Crippen LogP contribution in [0, 0.1) is 0 Å². The predicted molar refractivity (Wildman–Crippen MR) is 98.7 cm³/mol. The van der Waals surface area contributed by atoms with E-state index >= 15 is 0 Å². The third-order valence-corrected chi connectivity index (χ3v) is 5.08. The van der Waals surface area contributed by atoms with Crippen LogP contribution in [-0.4, -0.2) is 47.9 Å². The second kappa shape index (κ2) is 7.43. The average molecular weight is 419 g/mol. The molecule has 7 nitrogen and oxygen atoms in total. The first-order valence-electron chi connectivity index (χ1n) is 9.18. The number of fused-ring (bicyclic) bond motifs is 1. The Bertz CT molecular complexity index is 1000. The molecular weight excluding hydrogens is 401 g/mol. The van der Waals surface area contributed by atoms with Gasteiger partial charge in [-0.05, 0) is 41.1 Å². The first-order chi connectivity index (χ1) is 14.3. The number of anilines is 1. The Morgan fingerprint density at radius 1 is 1.03 bits per heavy atom. The lowest BCUT2D eigenvalue weighted by atomic mass is 10.1. The number of methoxy groups -OCH3 is 1. The van der Waals surface area contributed by atoms with Gasteiger partial charge in [0.1, 0.15) is 5.75 Å². The molecule has 1 saturated heterocycles. The van der Waals surface area contributed by atoms with E-state index in [-0.39, 0.29) is 6.54 Å². The third-order valence-electron chi connectivity index (χ3n) is 5.08. The molecule has 0 saturated carbocycles. The molecule has 30 heavy (non-hydrogen) atoms. The van der Waals surface area contributed by atoms with E-state index in [2.05, 4.69) is 5.11 Å². The monoisotopic (exact) mass is 419 g/mol. The van der Waals surface area contributed by atoms with Gasteiger partial charge >= 0.3 is 18.0 Å². The Morgan fingerprint density at radius 2 is 1.67 bits per heavy atom. The van der Waals surface area contributed by atoms with E-state index in [1.807, 2.05) is 17.0 Å². The predicted octanol–water partition coefficient (Wildman–Crippen LogP) is 2.85. The van der Waals surface area contributed by atoms with Crippen molar-refractivity contribution in [3.05, 3.63) is 59.7 Å². The van der Waals surface area contributed by atoms with Gasteiger partial charge in [0.25, 0.3) is 6.29 Å². The standard InChI is InChI=1S/C20H18F3N4O3/c1-30-16-8-6-15(7-9-16)25-10-11-26-17(28)18(29)27(24-19(25)26)12-13-2-4-14(5-3-13)20(21,22)23/h2-9,19H,10-12H2,1H3/q+1. The minimum absolute atomic E-state index is 0.0937. The molecule has 1 atom stereocenters. The maximum Gasteiger partial charge on any atom is 0.502 e. The van der Waals surface area contributed by atoms with Gasteiger partial charge in [-0.3, -0.25) is 9.69 Å². The SMILES string of the molecule is COc1ccc(N2CCN3C(=O)C(=O)[N+](Cc4ccc(C(F)(F)F)cc4)=NC32)cc1. The summed E-state index contributed by atoms with van der Waals surface area (Å²) in [6.45, 7) is 0.746. The zero-order valence-corrected chi connectivity index (χ0v) is 16.0. The number of hydrogen-bond acceptors (Lipinski definition) is 5. The van der Waals surface area contributed by atoms with Crippen LogP contribution in [0.2, 0.25) is 0 Å². The highest BCUT2D eigenvalue weighted by Gasteiger charge is 2.49. The van der Waals surface area contributed by atoms with Crippen LogP contribution in [0.4, 0.5) is 18.9 Å². The first-order valence-corrected chi connectivity index (χ1v) is 9.18. The molecule has 1 unspecified atom stereocenters. The van der Waals surface area contributed by atoms with Crippen molar-refractivity contribution in [2.45, 2.75) is 19.0 Å². The second-order valence-electron chi connectivity index (χ2n) is 6.91. The van der Waals surface area contributed by atoms with Crippen molar-refractivity contribution in [2.24, 2.45) is 5.11 Å². The normalized spacial score (nSPS) is 19.1. The molecule has 2 heterocycles. The second-order valence-corrected chi connectivity index (χ2v) is 6.91. The Hall–Kier alpha value is -3.43. The highest BCUT2D eigenvalue weighted by atomic mass is 19.4. The van der Waals surface area contributed by atoms with Gasteiger partial charge in [-0.2, -0.15) is 13.2 Å². The number of azo groups is 2. The Kier molecular flexibility index (Phi) is 4.92. The molecule has 0 radical (unpaired) electrons. The Labute approximate surface area is 170 Å². The van der Waals surface area contributed by atoms with Gasteiger partial charge in [-0.1, -0.05) is 12.1 Å². The molecule has 0 bridgehead atoms. The van der Waals surface area contributed by atoms with Crippen molar-refractivity contribution in [1.29, 1.82) is 0 Å². The summed E-state index contributed by atoms with van der Waals surface area (Å²) in [6.07, 6.45) is -5.14. The lowest BCUT2D eigenvalue weighted by Gasteiger charge is -2.27. The van der Waals surface area contributed by atoms with Gasteiger partial charge in [0.05, 0.1) is 12.7 Å². The van der Waals surface area contributed by atoms with Crippen LogP contribution >= 0.6 is 0 Å². The van der Waals surface area contributed by atoms with E-state index < -0.39 is 29.8 Å². The van der Waals surface area contributed by atoms with Crippen LogP contribution < -0.4 is 9.64 Å². The van der Waals surface area contributed by atoms with E-state index in [0.29, 0.717) is 24.4 Å². The minimum atomic E-state index is -4.44. The summed E-state index contributed by atoms with van der Waals surface area (Å²) >= 11 is 0. The van der Waals surface area contributed by atoms with E-state index in [1.165, 1.54) is 17.0 Å². The van der Waals surface area contributed by atoms with Crippen molar-refractivity contribution in [3.8, 4) is 5.75 Å². The highest BCUT2D eigenvalue weighted by Crippen LogP contribution is 2.30. The molecule has 156 valence electrons. The topological polar surface area (TPSA) is 65.2 Å². The van der Waals surface area contributed by atoms with Crippen molar-refractivity contribution in [2.75, 3.05) is 25.1 Å². The molecule has 2 amide bonds. The fourth-order valence-electron chi connectivity index (χ4n) is 3.48. The maximum absolute atomic E-state index is 12.7. The fourth-order valence-corrected chi connectivity index (χ4v) is 3.48. The summed E-state index contributed by atoms with van der Waals surface area (Å²) in [5, 5.41) is 4.40.